The Hall–Kier alpha value is -4.65. The minimum Gasteiger partial charge on any atom is -0.349 e. The van der Waals surface area contributed by atoms with Crippen LogP contribution >= 0.6 is 12.4 Å². The van der Waals surface area contributed by atoms with Crippen molar-refractivity contribution >= 4 is 35.8 Å². The number of fused-ring (bicyclic) bond motifs is 1. The molecule has 1 aromatic heterocycles. The summed E-state index contributed by atoms with van der Waals surface area (Å²) in [7, 11) is 0. The molecule has 3 aliphatic rings. The van der Waals surface area contributed by atoms with Crippen molar-refractivity contribution in [3.05, 3.63) is 83.4 Å². The number of H-pyrrole nitrogens is 1. The predicted octanol–water partition coefficient (Wildman–Crippen LogP) is 3.64. The van der Waals surface area contributed by atoms with Gasteiger partial charge in [-0.2, -0.15) is 5.21 Å². The lowest BCUT2D eigenvalue weighted by Crippen LogP contribution is -2.48. The van der Waals surface area contributed by atoms with Gasteiger partial charge in [-0.1, -0.05) is 30.3 Å². The Kier molecular flexibility index (Phi) is 10.9. The zero-order valence-electron chi connectivity index (χ0n) is 28.0. The second-order valence-electron chi connectivity index (χ2n) is 13.7. The van der Waals surface area contributed by atoms with Crippen LogP contribution in [-0.2, 0) is 16.0 Å². The van der Waals surface area contributed by atoms with Gasteiger partial charge in [0.25, 0.3) is 5.91 Å². The fourth-order valence-electron chi connectivity index (χ4n) is 7.42. The quantitative estimate of drug-likeness (QED) is 0.137. The molecule has 7 N–H and O–H groups in total. The van der Waals surface area contributed by atoms with Crippen LogP contribution in [0, 0.1) is 30.6 Å². The third-order valence-electron chi connectivity index (χ3n) is 10.5. The third-order valence-corrected chi connectivity index (χ3v) is 10.5. The number of aromatic nitrogens is 4. The molecule has 0 radical (unpaired) electrons. The monoisotopic (exact) mass is 697 g/mol. The van der Waals surface area contributed by atoms with Gasteiger partial charge in [0.05, 0.1) is 0 Å². The van der Waals surface area contributed by atoms with Gasteiger partial charge in [-0.05, 0) is 121 Å². The Morgan fingerprint density at radius 1 is 0.940 bits per heavy atom. The van der Waals surface area contributed by atoms with Crippen molar-refractivity contribution in [2.45, 2.75) is 51.1 Å². The van der Waals surface area contributed by atoms with Crippen molar-refractivity contribution in [3.63, 3.8) is 0 Å². The van der Waals surface area contributed by atoms with Crippen molar-refractivity contribution in [1.29, 1.82) is 0 Å². The molecule has 2 heterocycles. The van der Waals surface area contributed by atoms with Crippen LogP contribution in [0.3, 0.4) is 0 Å². The fourth-order valence-corrected chi connectivity index (χ4v) is 7.42. The lowest BCUT2D eigenvalue weighted by molar-refractivity contribution is -0.130. The number of aromatic amines is 1. The van der Waals surface area contributed by atoms with E-state index in [1.54, 1.807) is 24.3 Å². The molecular formula is C37H44ClN9O3. The minimum atomic E-state index is -0.808. The molecule has 2 aliphatic carbocycles. The van der Waals surface area contributed by atoms with E-state index in [1.165, 1.54) is 0 Å². The van der Waals surface area contributed by atoms with Crippen LogP contribution in [0.15, 0.2) is 66.7 Å². The molecule has 2 saturated carbocycles. The predicted molar refractivity (Wildman–Crippen MR) is 193 cm³/mol. The molecule has 1 aliphatic heterocycles. The van der Waals surface area contributed by atoms with Gasteiger partial charge in [0.15, 0.2) is 0 Å². The Morgan fingerprint density at radius 2 is 1.70 bits per heavy atom. The molecule has 7 rings (SSSR count). The zero-order valence-corrected chi connectivity index (χ0v) is 28.8. The van der Waals surface area contributed by atoms with Crippen molar-refractivity contribution in [2.24, 2.45) is 29.4 Å². The number of hydrogen-bond acceptors (Lipinski definition) is 8. The van der Waals surface area contributed by atoms with Crippen molar-refractivity contribution in [2.75, 3.05) is 25.0 Å². The van der Waals surface area contributed by atoms with E-state index in [2.05, 4.69) is 41.9 Å². The normalized spacial score (nSPS) is 22.8. The first-order valence-electron chi connectivity index (χ1n) is 17.2. The summed E-state index contributed by atoms with van der Waals surface area (Å²) in [6.45, 7) is 4.59. The summed E-state index contributed by atoms with van der Waals surface area (Å²) in [4.78, 5) is 40.5. The number of nitrogens with zero attached hydrogens (tertiary/aromatic N) is 3. The summed E-state index contributed by atoms with van der Waals surface area (Å²) < 4.78 is 0. The summed E-state index contributed by atoms with van der Waals surface area (Å²) in [6.07, 6.45) is 3.64. The number of carbonyl (C=O) groups excluding carboxylic acids is 3. The lowest BCUT2D eigenvalue weighted by Gasteiger charge is -2.28. The summed E-state index contributed by atoms with van der Waals surface area (Å²) in [6, 6.07) is 20.4. The standard InChI is InChI=1S/C37H43N9O3.ClH/c1-21-5-8-27(36(48)42-33-30-19-39-20-31(30)33)17-29(21)26-4-2-3-23(15-26)16-32(41-35(47)25-9-6-22(18-38)7-10-25)37(49)40-28-13-11-24(12-14-28)34-43-45-46-44-34;/h2-5,8,11-15,17,22,25,30-33,39H,6-7,9-10,16,18-20,38H2,1H3,(H,40,49)(H,41,47)(H,42,48)(H,43,44,45,46);1H/t22?,25?,30?,31?,32-,33?;/m0./s1. The second kappa shape index (κ2) is 15.5. The Morgan fingerprint density at radius 3 is 2.40 bits per heavy atom. The number of piperidine rings is 1. The molecule has 3 amide bonds. The van der Waals surface area contributed by atoms with Gasteiger partial charge in [-0.3, -0.25) is 14.4 Å². The van der Waals surface area contributed by atoms with Crippen LogP contribution in [0.5, 0.6) is 0 Å². The first-order chi connectivity index (χ1) is 23.9. The number of carbonyl (C=O) groups is 3. The van der Waals surface area contributed by atoms with Gasteiger partial charge in [-0.25, -0.2) is 0 Å². The summed E-state index contributed by atoms with van der Waals surface area (Å²) >= 11 is 0. The zero-order chi connectivity index (χ0) is 33.9. The first kappa shape index (κ1) is 35.2. The van der Waals surface area contributed by atoms with E-state index < -0.39 is 6.04 Å². The SMILES string of the molecule is Cc1ccc(C(=O)NC2C3CNCC32)cc1-c1cccc(C[C@H](NC(=O)C2CCC(CN)CC2)C(=O)Nc2ccc(-c3nn[nH]n3)cc2)c1.Cl. The van der Waals surface area contributed by atoms with Gasteiger partial charge < -0.3 is 27.0 Å². The average molecular weight is 698 g/mol. The highest BCUT2D eigenvalue weighted by molar-refractivity contribution is 5.98. The smallest absolute Gasteiger partial charge is 0.251 e. The largest absolute Gasteiger partial charge is 0.349 e. The molecule has 3 fully saturated rings. The number of tetrazole rings is 1. The number of hydrogen-bond donors (Lipinski definition) is 6. The highest BCUT2D eigenvalue weighted by Gasteiger charge is 2.53. The Balaban J connectivity index is 0.00000432. The van der Waals surface area contributed by atoms with E-state index in [4.69, 9.17) is 5.73 Å². The second-order valence-corrected chi connectivity index (χ2v) is 13.7. The number of nitrogens with one attached hydrogen (secondary N) is 5. The number of anilines is 1. The van der Waals surface area contributed by atoms with Crippen LogP contribution in [0.2, 0.25) is 0 Å². The Bertz CT molecular complexity index is 1800. The van der Waals surface area contributed by atoms with Crippen molar-refractivity contribution in [3.8, 4) is 22.5 Å². The maximum absolute atomic E-state index is 13.8. The van der Waals surface area contributed by atoms with Gasteiger partial charge in [-0.15, -0.1) is 22.6 Å². The van der Waals surface area contributed by atoms with Crippen LogP contribution in [0.4, 0.5) is 5.69 Å². The number of rotatable bonds is 11. The van der Waals surface area contributed by atoms with Gasteiger partial charge in [0, 0.05) is 48.3 Å². The van der Waals surface area contributed by atoms with E-state index in [0.29, 0.717) is 47.8 Å². The van der Waals surface area contributed by atoms with Gasteiger partial charge >= 0.3 is 0 Å². The molecule has 13 heteroatoms. The van der Waals surface area contributed by atoms with E-state index in [0.717, 1.165) is 66.6 Å². The molecule has 50 heavy (non-hydrogen) atoms. The van der Waals surface area contributed by atoms with Gasteiger partial charge in [0.1, 0.15) is 6.04 Å². The number of halogens is 1. The molecule has 0 spiro atoms. The molecule has 1 saturated heterocycles. The highest BCUT2D eigenvalue weighted by atomic mass is 35.5. The topological polar surface area (TPSA) is 180 Å². The number of aryl methyl sites for hydroxylation is 1. The number of amides is 3. The summed E-state index contributed by atoms with van der Waals surface area (Å²) in [5, 5.41) is 26.7. The molecule has 0 bridgehead atoms. The molecular weight excluding hydrogens is 654 g/mol. The maximum atomic E-state index is 13.8. The highest BCUT2D eigenvalue weighted by Crippen LogP contribution is 2.41. The average Bonchev–Trinajstić information content (AvgIpc) is 3.52. The van der Waals surface area contributed by atoms with Crippen LogP contribution in [0.1, 0.15) is 47.2 Å². The first-order valence-corrected chi connectivity index (χ1v) is 17.2. The number of benzene rings is 3. The summed E-state index contributed by atoms with van der Waals surface area (Å²) in [5.41, 5.74) is 11.7. The molecule has 3 atom stereocenters. The third kappa shape index (κ3) is 7.88. The summed E-state index contributed by atoms with van der Waals surface area (Å²) in [5.74, 6) is 1.35. The van der Waals surface area contributed by atoms with Crippen LogP contribution in [-0.4, -0.2) is 70.1 Å². The van der Waals surface area contributed by atoms with E-state index in [1.807, 2.05) is 49.4 Å². The molecule has 262 valence electrons. The van der Waals surface area contributed by atoms with Crippen molar-refractivity contribution < 1.29 is 14.4 Å². The van der Waals surface area contributed by atoms with E-state index in [9.17, 15) is 14.4 Å². The van der Waals surface area contributed by atoms with Crippen LogP contribution in [0.25, 0.3) is 22.5 Å². The van der Waals surface area contributed by atoms with Crippen LogP contribution < -0.4 is 27.0 Å². The molecule has 3 aromatic carbocycles. The lowest BCUT2D eigenvalue weighted by atomic mass is 9.81. The van der Waals surface area contributed by atoms with Crippen molar-refractivity contribution in [1.82, 2.24) is 36.6 Å². The minimum absolute atomic E-state index is 0. The molecule has 2 unspecified atom stereocenters. The van der Waals surface area contributed by atoms with Gasteiger partial charge in [0.2, 0.25) is 17.6 Å². The van der Waals surface area contributed by atoms with E-state index >= 15 is 0 Å². The molecule has 4 aromatic rings. The number of nitrogens with two attached hydrogens (primary N) is 1. The molecule has 12 nitrogen and oxygen atoms in total. The maximum Gasteiger partial charge on any atom is 0.251 e. The fraction of sp³-hybridized carbons (Fsp3) is 0.405. The Labute approximate surface area is 297 Å². The van der Waals surface area contributed by atoms with E-state index in [-0.39, 0.29) is 42.1 Å².